The van der Waals surface area contributed by atoms with Crippen molar-refractivity contribution in [1.29, 1.82) is 0 Å². The standard InChI is InChI=1S/C9H8N2O/c1-2-7-6-10-9(11-7)8-4-3-5-12-8/h2-6H,1H2,(H,10,11). The van der Waals surface area contributed by atoms with E-state index in [2.05, 4.69) is 16.5 Å². The topological polar surface area (TPSA) is 41.8 Å². The van der Waals surface area contributed by atoms with Crippen molar-refractivity contribution in [3.05, 3.63) is 36.9 Å². The van der Waals surface area contributed by atoms with Gasteiger partial charge in [-0.3, -0.25) is 0 Å². The van der Waals surface area contributed by atoms with E-state index in [1.54, 1.807) is 18.5 Å². The molecule has 0 radical (unpaired) electrons. The highest BCUT2D eigenvalue weighted by Crippen LogP contribution is 2.15. The average molecular weight is 160 g/mol. The second-order valence-corrected chi connectivity index (χ2v) is 2.37. The van der Waals surface area contributed by atoms with Crippen LogP contribution >= 0.6 is 0 Å². The summed E-state index contributed by atoms with van der Waals surface area (Å²) in [6.07, 6.45) is 5.04. The lowest BCUT2D eigenvalue weighted by molar-refractivity contribution is 0.578. The molecule has 3 heteroatoms. The molecule has 3 nitrogen and oxygen atoms in total. The van der Waals surface area contributed by atoms with Crippen LogP contribution in [0.25, 0.3) is 17.7 Å². The zero-order valence-corrected chi connectivity index (χ0v) is 6.45. The number of rotatable bonds is 2. The van der Waals surface area contributed by atoms with Gasteiger partial charge in [-0.15, -0.1) is 0 Å². The smallest absolute Gasteiger partial charge is 0.173 e. The highest BCUT2D eigenvalue weighted by molar-refractivity contribution is 5.51. The van der Waals surface area contributed by atoms with Crippen molar-refractivity contribution in [1.82, 2.24) is 9.97 Å². The zero-order valence-electron chi connectivity index (χ0n) is 6.45. The number of hydrogen-bond donors (Lipinski definition) is 1. The fourth-order valence-corrected chi connectivity index (χ4v) is 0.978. The van der Waals surface area contributed by atoms with Crippen LogP contribution in [0.3, 0.4) is 0 Å². The Kier molecular flexibility index (Phi) is 1.55. The fraction of sp³-hybridized carbons (Fsp3) is 0. The maximum absolute atomic E-state index is 5.15. The molecule has 2 rings (SSSR count). The van der Waals surface area contributed by atoms with E-state index in [-0.39, 0.29) is 0 Å². The number of aromatic amines is 1. The molecule has 0 unspecified atom stereocenters. The lowest BCUT2D eigenvalue weighted by Gasteiger charge is -1.86. The number of furan rings is 1. The zero-order chi connectivity index (χ0) is 8.39. The first-order valence-corrected chi connectivity index (χ1v) is 3.61. The van der Waals surface area contributed by atoms with Gasteiger partial charge in [0.25, 0.3) is 0 Å². The average Bonchev–Trinajstić information content (AvgIpc) is 2.75. The molecular weight excluding hydrogens is 152 g/mol. The van der Waals surface area contributed by atoms with Gasteiger partial charge in [0.2, 0.25) is 0 Å². The second-order valence-electron chi connectivity index (χ2n) is 2.37. The van der Waals surface area contributed by atoms with Gasteiger partial charge >= 0.3 is 0 Å². The molecule has 1 N–H and O–H groups in total. The molecule has 60 valence electrons. The van der Waals surface area contributed by atoms with Crippen LogP contribution in [0.5, 0.6) is 0 Å². The molecule has 0 aliphatic heterocycles. The minimum atomic E-state index is 0.731. The SMILES string of the molecule is C=Cc1cnc(-c2ccco2)[nH]1. The van der Waals surface area contributed by atoms with Crippen molar-refractivity contribution in [2.75, 3.05) is 0 Å². The van der Waals surface area contributed by atoms with Crippen LogP contribution in [0.15, 0.2) is 35.6 Å². The lowest BCUT2D eigenvalue weighted by Crippen LogP contribution is -1.75. The van der Waals surface area contributed by atoms with Gasteiger partial charge in [0.05, 0.1) is 18.2 Å². The molecule has 0 bridgehead atoms. The fourth-order valence-electron chi connectivity index (χ4n) is 0.978. The number of hydrogen-bond acceptors (Lipinski definition) is 2. The van der Waals surface area contributed by atoms with E-state index in [1.165, 1.54) is 0 Å². The summed E-state index contributed by atoms with van der Waals surface area (Å²) >= 11 is 0. The molecule has 0 atom stereocenters. The maximum atomic E-state index is 5.15. The van der Waals surface area contributed by atoms with Crippen molar-refractivity contribution in [3.8, 4) is 11.6 Å². The van der Waals surface area contributed by atoms with Crippen LogP contribution in [0.2, 0.25) is 0 Å². The summed E-state index contributed by atoms with van der Waals surface area (Å²) in [6.45, 7) is 3.62. The normalized spacial score (nSPS) is 10.0. The minimum absolute atomic E-state index is 0.731. The van der Waals surface area contributed by atoms with Gasteiger partial charge < -0.3 is 9.40 Å². The minimum Gasteiger partial charge on any atom is -0.461 e. The van der Waals surface area contributed by atoms with Gasteiger partial charge in [-0.1, -0.05) is 6.58 Å². The lowest BCUT2D eigenvalue weighted by atomic mass is 10.4. The van der Waals surface area contributed by atoms with Gasteiger partial charge in [0, 0.05) is 0 Å². The third kappa shape index (κ3) is 1.05. The van der Waals surface area contributed by atoms with Crippen LogP contribution in [0.1, 0.15) is 5.69 Å². The van der Waals surface area contributed by atoms with Gasteiger partial charge in [0.1, 0.15) is 0 Å². The number of nitrogens with one attached hydrogen (secondary N) is 1. The molecule has 0 aliphatic carbocycles. The predicted molar refractivity (Wildman–Crippen MR) is 46.4 cm³/mol. The molecule has 2 heterocycles. The van der Waals surface area contributed by atoms with E-state index in [0.29, 0.717) is 0 Å². The Morgan fingerprint density at radius 2 is 2.50 bits per heavy atom. The van der Waals surface area contributed by atoms with E-state index in [4.69, 9.17) is 4.42 Å². The monoisotopic (exact) mass is 160 g/mol. The third-order valence-corrected chi connectivity index (χ3v) is 1.57. The molecule has 0 saturated heterocycles. The summed E-state index contributed by atoms with van der Waals surface area (Å²) < 4.78 is 5.15. The summed E-state index contributed by atoms with van der Waals surface area (Å²) in [6, 6.07) is 3.68. The van der Waals surface area contributed by atoms with Crippen LogP contribution in [-0.2, 0) is 0 Å². The van der Waals surface area contributed by atoms with E-state index < -0.39 is 0 Å². The molecular formula is C9H8N2O. The molecule has 0 aliphatic rings. The number of nitrogens with zero attached hydrogens (tertiary/aromatic N) is 1. The Labute approximate surface area is 69.8 Å². The Morgan fingerprint density at radius 3 is 3.08 bits per heavy atom. The molecule has 0 saturated carbocycles. The third-order valence-electron chi connectivity index (χ3n) is 1.57. The van der Waals surface area contributed by atoms with E-state index in [0.717, 1.165) is 17.3 Å². The van der Waals surface area contributed by atoms with Crippen molar-refractivity contribution in [2.45, 2.75) is 0 Å². The first kappa shape index (κ1) is 6.91. The number of H-pyrrole nitrogens is 1. The molecule has 0 spiro atoms. The molecule has 0 fully saturated rings. The largest absolute Gasteiger partial charge is 0.461 e. The Balaban J connectivity index is 2.41. The highest BCUT2D eigenvalue weighted by atomic mass is 16.3. The van der Waals surface area contributed by atoms with Crippen molar-refractivity contribution >= 4 is 6.08 Å². The summed E-state index contributed by atoms with van der Waals surface area (Å²) in [5.41, 5.74) is 0.890. The van der Waals surface area contributed by atoms with E-state index >= 15 is 0 Å². The van der Waals surface area contributed by atoms with Gasteiger partial charge in [-0.05, 0) is 18.2 Å². The molecule has 12 heavy (non-hydrogen) atoms. The van der Waals surface area contributed by atoms with Gasteiger partial charge in [-0.2, -0.15) is 0 Å². The van der Waals surface area contributed by atoms with Gasteiger partial charge in [-0.25, -0.2) is 4.98 Å². The first-order chi connectivity index (χ1) is 5.90. The number of imidazole rings is 1. The van der Waals surface area contributed by atoms with E-state index in [9.17, 15) is 0 Å². The Morgan fingerprint density at radius 1 is 1.58 bits per heavy atom. The van der Waals surface area contributed by atoms with E-state index in [1.807, 2.05) is 12.1 Å². The van der Waals surface area contributed by atoms with Crippen LogP contribution in [0, 0.1) is 0 Å². The summed E-state index contributed by atoms with van der Waals surface area (Å²) in [5.74, 6) is 1.47. The van der Waals surface area contributed by atoms with Crippen LogP contribution < -0.4 is 0 Å². The molecule has 2 aromatic heterocycles. The summed E-state index contributed by atoms with van der Waals surface area (Å²) in [7, 11) is 0. The Bertz CT molecular complexity index is 373. The van der Waals surface area contributed by atoms with Gasteiger partial charge in [0.15, 0.2) is 11.6 Å². The first-order valence-electron chi connectivity index (χ1n) is 3.61. The predicted octanol–water partition coefficient (Wildman–Crippen LogP) is 2.31. The molecule has 0 aromatic carbocycles. The maximum Gasteiger partial charge on any atom is 0.173 e. The van der Waals surface area contributed by atoms with Crippen LogP contribution in [-0.4, -0.2) is 9.97 Å². The second kappa shape index (κ2) is 2.70. The van der Waals surface area contributed by atoms with Crippen molar-refractivity contribution in [2.24, 2.45) is 0 Å². The summed E-state index contributed by atoms with van der Waals surface area (Å²) in [5, 5.41) is 0. The number of aromatic nitrogens is 2. The summed E-state index contributed by atoms with van der Waals surface area (Å²) in [4.78, 5) is 7.15. The van der Waals surface area contributed by atoms with Crippen molar-refractivity contribution in [3.63, 3.8) is 0 Å². The molecule has 2 aromatic rings. The highest BCUT2D eigenvalue weighted by Gasteiger charge is 2.02. The molecule has 0 amide bonds. The Hall–Kier alpha value is -1.77. The van der Waals surface area contributed by atoms with Crippen LogP contribution in [0.4, 0.5) is 0 Å². The quantitative estimate of drug-likeness (QED) is 0.732. The van der Waals surface area contributed by atoms with Crippen molar-refractivity contribution < 1.29 is 4.42 Å².